The highest BCUT2D eigenvalue weighted by Crippen LogP contribution is 2.66. The zero-order valence-corrected chi connectivity index (χ0v) is 12.4. The van der Waals surface area contributed by atoms with Crippen molar-refractivity contribution in [2.24, 2.45) is 16.7 Å². The van der Waals surface area contributed by atoms with Crippen molar-refractivity contribution in [2.45, 2.75) is 46.1 Å². The van der Waals surface area contributed by atoms with E-state index in [2.05, 4.69) is 33.9 Å². The average molecular weight is 278 g/mol. The first-order chi connectivity index (χ1) is 9.22. The quantitative estimate of drug-likeness (QED) is 0.450. The maximum atomic E-state index is 11.9. The Balaban J connectivity index is 2.02. The van der Waals surface area contributed by atoms with Crippen molar-refractivity contribution in [2.75, 3.05) is 0 Å². The molecular formula is C16H22O4. The molecule has 0 radical (unpaired) electrons. The summed E-state index contributed by atoms with van der Waals surface area (Å²) >= 11 is 0. The van der Waals surface area contributed by atoms with Gasteiger partial charge in [0, 0.05) is 11.5 Å². The summed E-state index contributed by atoms with van der Waals surface area (Å²) in [5.74, 6) is -1.06. The zero-order chi connectivity index (χ0) is 15.1. The molecule has 0 spiro atoms. The summed E-state index contributed by atoms with van der Waals surface area (Å²) in [6.45, 7) is 13.4. The van der Waals surface area contributed by atoms with Gasteiger partial charge in [-0.2, -0.15) is 0 Å². The van der Waals surface area contributed by atoms with E-state index < -0.39 is 11.9 Å². The summed E-state index contributed by atoms with van der Waals surface area (Å²) in [4.78, 5) is 23.0. The first-order valence-electron chi connectivity index (χ1n) is 6.96. The lowest BCUT2D eigenvalue weighted by Gasteiger charge is -2.38. The number of hydrogen-bond donors (Lipinski definition) is 0. The van der Waals surface area contributed by atoms with Gasteiger partial charge < -0.3 is 9.47 Å². The molecule has 0 amide bonds. The van der Waals surface area contributed by atoms with Crippen LogP contribution in [0.25, 0.3) is 0 Å². The molecule has 3 atom stereocenters. The lowest BCUT2D eigenvalue weighted by molar-refractivity contribution is -0.159. The summed E-state index contributed by atoms with van der Waals surface area (Å²) in [6.07, 6.45) is 3.96. The minimum Gasteiger partial charge on any atom is -0.456 e. The molecule has 0 heterocycles. The topological polar surface area (TPSA) is 52.6 Å². The summed E-state index contributed by atoms with van der Waals surface area (Å²) in [5.41, 5.74) is 0.146. The molecule has 2 aliphatic rings. The highest BCUT2D eigenvalue weighted by Gasteiger charge is 2.62. The Morgan fingerprint density at radius 1 is 1.30 bits per heavy atom. The molecule has 0 aromatic carbocycles. The van der Waals surface area contributed by atoms with Crippen LogP contribution in [-0.2, 0) is 19.1 Å². The minimum absolute atomic E-state index is 0.0178. The van der Waals surface area contributed by atoms with Crippen LogP contribution >= 0.6 is 0 Å². The van der Waals surface area contributed by atoms with Gasteiger partial charge in [0.1, 0.15) is 6.10 Å². The van der Waals surface area contributed by atoms with E-state index in [0.29, 0.717) is 5.92 Å². The molecule has 2 saturated carbocycles. The van der Waals surface area contributed by atoms with Crippen LogP contribution in [0.1, 0.15) is 40.0 Å². The Kier molecular flexibility index (Phi) is 3.53. The predicted molar refractivity (Wildman–Crippen MR) is 74.5 cm³/mol. The van der Waals surface area contributed by atoms with E-state index in [1.165, 1.54) is 6.42 Å². The zero-order valence-electron chi connectivity index (χ0n) is 12.4. The fourth-order valence-electron chi connectivity index (χ4n) is 3.71. The molecule has 2 aliphatic carbocycles. The summed E-state index contributed by atoms with van der Waals surface area (Å²) in [7, 11) is 0. The highest BCUT2D eigenvalue weighted by molar-refractivity contribution is 5.91. The van der Waals surface area contributed by atoms with Gasteiger partial charge in [0.2, 0.25) is 5.76 Å². The SMILES string of the molecule is C=CC(=O)OC(=C)C(=O)OC1CC2CCC1(C)C2(C)C. The van der Waals surface area contributed by atoms with Gasteiger partial charge in [0.05, 0.1) is 0 Å². The van der Waals surface area contributed by atoms with Crippen LogP contribution in [0.15, 0.2) is 25.0 Å². The van der Waals surface area contributed by atoms with Crippen molar-refractivity contribution in [3.63, 3.8) is 0 Å². The summed E-state index contributed by atoms with van der Waals surface area (Å²) in [5, 5.41) is 0. The van der Waals surface area contributed by atoms with Gasteiger partial charge in [-0.3, -0.25) is 0 Å². The molecular weight excluding hydrogens is 256 g/mol. The van der Waals surface area contributed by atoms with E-state index >= 15 is 0 Å². The van der Waals surface area contributed by atoms with Gasteiger partial charge in [-0.25, -0.2) is 9.59 Å². The van der Waals surface area contributed by atoms with Gasteiger partial charge in [0.15, 0.2) is 0 Å². The largest absolute Gasteiger partial charge is 0.456 e. The molecule has 0 aromatic heterocycles. The number of fused-ring (bicyclic) bond motifs is 2. The fourth-order valence-corrected chi connectivity index (χ4v) is 3.71. The van der Waals surface area contributed by atoms with Crippen molar-refractivity contribution >= 4 is 11.9 Å². The summed E-state index contributed by atoms with van der Waals surface area (Å²) in [6, 6.07) is 0. The van der Waals surface area contributed by atoms with Crippen molar-refractivity contribution in [3.8, 4) is 0 Å². The number of rotatable bonds is 4. The van der Waals surface area contributed by atoms with Crippen molar-refractivity contribution < 1.29 is 19.1 Å². The molecule has 110 valence electrons. The Labute approximate surface area is 119 Å². The normalized spacial score (nSPS) is 33.5. The number of hydrogen-bond acceptors (Lipinski definition) is 4. The maximum Gasteiger partial charge on any atom is 0.374 e. The molecule has 0 aromatic rings. The lowest BCUT2D eigenvalue weighted by Crippen LogP contribution is -2.38. The van der Waals surface area contributed by atoms with Crippen molar-refractivity contribution in [1.29, 1.82) is 0 Å². The highest BCUT2D eigenvalue weighted by atomic mass is 16.6. The van der Waals surface area contributed by atoms with E-state index in [0.717, 1.165) is 18.9 Å². The van der Waals surface area contributed by atoms with E-state index in [-0.39, 0.29) is 22.7 Å². The van der Waals surface area contributed by atoms with Gasteiger partial charge in [0.25, 0.3) is 0 Å². The molecule has 3 unspecified atom stereocenters. The number of carbonyl (C=O) groups is 2. The second-order valence-corrected chi connectivity index (χ2v) is 6.55. The molecule has 20 heavy (non-hydrogen) atoms. The van der Waals surface area contributed by atoms with Crippen LogP contribution in [0, 0.1) is 16.7 Å². The smallest absolute Gasteiger partial charge is 0.374 e. The van der Waals surface area contributed by atoms with Crippen LogP contribution in [0.4, 0.5) is 0 Å². The Hall–Kier alpha value is -1.58. The lowest BCUT2D eigenvalue weighted by atomic mass is 9.70. The van der Waals surface area contributed by atoms with E-state index in [1.807, 2.05) is 0 Å². The number of ether oxygens (including phenoxy) is 2. The molecule has 2 bridgehead atoms. The number of esters is 2. The standard InChI is InChI=1S/C16H22O4/c1-6-13(17)19-10(2)14(18)20-12-9-11-7-8-16(12,5)15(11,3)4/h6,11-12H,1-2,7-9H2,3-5H3. The molecule has 4 nitrogen and oxygen atoms in total. The van der Waals surface area contributed by atoms with E-state index in [1.54, 1.807) is 0 Å². The van der Waals surface area contributed by atoms with Crippen LogP contribution in [0.2, 0.25) is 0 Å². The van der Waals surface area contributed by atoms with Gasteiger partial charge in [-0.05, 0) is 37.2 Å². The second-order valence-electron chi connectivity index (χ2n) is 6.55. The first kappa shape index (κ1) is 14.8. The number of carbonyl (C=O) groups excluding carboxylic acids is 2. The Morgan fingerprint density at radius 2 is 1.95 bits per heavy atom. The third kappa shape index (κ3) is 2.07. The summed E-state index contributed by atoms with van der Waals surface area (Å²) < 4.78 is 10.3. The van der Waals surface area contributed by atoms with Gasteiger partial charge in [-0.15, -0.1) is 0 Å². The predicted octanol–water partition coefficient (Wildman–Crippen LogP) is 2.99. The van der Waals surface area contributed by atoms with E-state index in [4.69, 9.17) is 9.47 Å². The maximum absolute atomic E-state index is 11.9. The molecule has 2 fully saturated rings. The van der Waals surface area contributed by atoms with Crippen LogP contribution in [0.3, 0.4) is 0 Å². The minimum atomic E-state index is -0.702. The van der Waals surface area contributed by atoms with Crippen LogP contribution in [0.5, 0.6) is 0 Å². The third-order valence-corrected chi connectivity index (χ3v) is 5.58. The van der Waals surface area contributed by atoms with Crippen LogP contribution < -0.4 is 0 Å². The monoisotopic (exact) mass is 278 g/mol. The first-order valence-corrected chi connectivity index (χ1v) is 6.96. The van der Waals surface area contributed by atoms with Crippen molar-refractivity contribution in [1.82, 2.24) is 0 Å². The van der Waals surface area contributed by atoms with Gasteiger partial charge in [-0.1, -0.05) is 27.4 Å². The van der Waals surface area contributed by atoms with E-state index in [9.17, 15) is 9.59 Å². The molecule has 0 aliphatic heterocycles. The average Bonchev–Trinajstić information content (AvgIpc) is 2.71. The Bertz CT molecular complexity index is 477. The Morgan fingerprint density at radius 3 is 2.40 bits per heavy atom. The molecule has 0 saturated heterocycles. The van der Waals surface area contributed by atoms with Crippen LogP contribution in [-0.4, -0.2) is 18.0 Å². The van der Waals surface area contributed by atoms with Crippen molar-refractivity contribution in [3.05, 3.63) is 25.0 Å². The third-order valence-electron chi connectivity index (χ3n) is 5.58. The fraction of sp³-hybridized carbons (Fsp3) is 0.625. The van der Waals surface area contributed by atoms with Gasteiger partial charge >= 0.3 is 11.9 Å². The molecule has 2 rings (SSSR count). The molecule has 4 heteroatoms. The second kappa shape index (κ2) is 4.76. The molecule has 0 N–H and O–H groups in total.